The van der Waals surface area contributed by atoms with Gasteiger partial charge in [-0.15, -0.1) is 0 Å². The standard InChI is InChI=1S/C27H33IN2O5/c1-2-3-13-25(32)30(18-19-9-5-4-6-10-19)22-16-20(27(34)29-14-15-31)17-24(26(22)33)35-23-12-8-7-11-21(23)28/h4-12,17,22,24,26,31,33H,2-3,13-16,18H2,1H3,(H,29,34)/t22-,24+,26+/m1/s1. The summed E-state index contributed by atoms with van der Waals surface area (Å²) in [7, 11) is 0. The van der Waals surface area contributed by atoms with E-state index in [0.29, 0.717) is 24.3 Å². The van der Waals surface area contributed by atoms with Crippen molar-refractivity contribution in [2.24, 2.45) is 0 Å². The Balaban J connectivity index is 1.95. The summed E-state index contributed by atoms with van der Waals surface area (Å²) < 4.78 is 7.05. The maximum absolute atomic E-state index is 13.3. The lowest BCUT2D eigenvalue weighted by atomic mass is 9.87. The molecular formula is C27H33IN2O5. The number of para-hydroxylation sites is 1. The SMILES string of the molecule is CCCCC(=O)N(Cc1ccccc1)[C@@H]1CC(C(=O)NCCO)=C[C@H](Oc2ccccc2I)[C@H]1O. The minimum atomic E-state index is -1.03. The number of aliphatic hydroxyl groups excluding tert-OH is 2. The molecule has 7 nitrogen and oxygen atoms in total. The summed E-state index contributed by atoms with van der Waals surface area (Å²) in [6.45, 7) is 2.30. The van der Waals surface area contributed by atoms with E-state index in [1.54, 1.807) is 11.0 Å². The summed E-state index contributed by atoms with van der Waals surface area (Å²) in [5, 5.41) is 23.3. The Morgan fingerprint density at radius 2 is 1.86 bits per heavy atom. The average Bonchev–Trinajstić information content (AvgIpc) is 2.87. The zero-order valence-corrected chi connectivity index (χ0v) is 22.1. The van der Waals surface area contributed by atoms with E-state index in [1.165, 1.54) is 0 Å². The van der Waals surface area contributed by atoms with Crippen molar-refractivity contribution < 1.29 is 24.5 Å². The molecule has 0 radical (unpaired) electrons. The molecule has 0 aliphatic heterocycles. The van der Waals surface area contributed by atoms with Crippen molar-refractivity contribution in [3.05, 3.63) is 75.4 Å². The fraction of sp³-hybridized carbons (Fsp3) is 0.407. The van der Waals surface area contributed by atoms with E-state index in [4.69, 9.17) is 9.84 Å². The van der Waals surface area contributed by atoms with E-state index in [2.05, 4.69) is 27.9 Å². The number of unbranched alkanes of at least 4 members (excludes halogenated alkanes) is 1. The van der Waals surface area contributed by atoms with Crippen LogP contribution in [0.5, 0.6) is 5.75 Å². The minimum Gasteiger partial charge on any atom is -0.482 e. The van der Waals surface area contributed by atoms with Gasteiger partial charge in [0.2, 0.25) is 11.8 Å². The first-order valence-corrected chi connectivity index (χ1v) is 13.0. The average molecular weight is 592 g/mol. The lowest BCUT2D eigenvalue weighted by Gasteiger charge is -2.40. The van der Waals surface area contributed by atoms with Crippen molar-refractivity contribution in [1.82, 2.24) is 10.2 Å². The Morgan fingerprint density at radius 3 is 2.54 bits per heavy atom. The predicted molar refractivity (Wildman–Crippen MR) is 143 cm³/mol. The van der Waals surface area contributed by atoms with Crippen molar-refractivity contribution in [3.63, 3.8) is 0 Å². The normalized spacial score (nSPS) is 19.5. The number of hydrogen-bond acceptors (Lipinski definition) is 5. The molecule has 3 atom stereocenters. The third kappa shape index (κ3) is 7.52. The molecule has 0 unspecified atom stereocenters. The van der Waals surface area contributed by atoms with Crippen molar-refractivity contribution in [2.75, 3.05) is 13.2 Å². The first-order chi connectivity index (χ1) is 16.9. The molecule has 1 aliphatic rings. The molecule has 0 aromatic heterocycles. The highest BCUT2D eigenvalue weighted by Gasteiger charge is 2.40. The topological polar surface area (TPSA) is 99.1 Å². The lowest BCUT2D eigenvalue weighted by Crippen LogP contribution is -2.54. The van der Waals surface area contributed by atoms with Crippen LogP contribution in [0.2, 0.25) is 0 Å². The van der Waals surface area contributed by atoms with Gasteiger partial charge in [0.25, 0.3) is 0 Å². The maximum Gasteiger partial charge on any atom is 0.247 e. The molecule has 3 N–H and O–H groups in total. The number of aliphatic hydroxyl groups is 2. The van der Waals surface area contributed by atoms with Crippen LogP contribution in [0.1, 0.15) is 38.2 Å². The second-order valence-electron chi connectivity index (χ2n) is 8.56. The molecule has 0 saturated heterocycles. The number of rotatable bonds is 11. The van der Waals surface area contributed by atoms with Gasteiger partial charge >= 0.3 is 0 Å². The van der Waals surface area contributed by atoms with Gasteiger partial charge in [-0.1, -0.05) is 55.8 Å². The molecule has 8 heteroatoms. The van der Waals surface area contributed by atoms with Gasteiger partial charge in [-0.2, -0.15) is 0 Å². The van der Waals surface area contributed by atoms with Gasteiger partial charge in [0.1, 0.15) is 18.0 Å². The van der Waals surface area contributed by atoms with E-state index in [-0.39, 0.29) is 31.4 Å². The van der Waals surface area contributed by atoms with Gasteiger partial charge in [-0.3, -0.25) is 9.59 Å². The smallest absolute Gasteiger partial charge is 0.247 e. The number of benzene rings is 2. The number of nitrogens with one attached hydrogen (secondary N) is 1. The van der Waals surface area contributed by atoms with Gasteiger partial charge in [-0.05, 0) is 52.8 Å². The summed E-state index contributed by atoms with van der Waals surface area (Å²) in [6, 6.07) is 16.4. The second-order valence-corrected chi connectivity index (χ2v) is 9.72. The fourth-order valence-electron chi connectivity index (χ4n) is 4.11. The Morgan fingerprint density at radius 1 is 1.14 bits per heavy atom. The molecule has 2 aromatic carbocycles. The van der Waals surface area contributed by atoms with E-state index in [0.717, 1.165) is 22.0 Å². The van der Waals surface area contributed by atoms with E-state index >= 15 is 0 Å². The number of amides is 2. The predicted octanol–water partition coefficient (Wildman–Crippen LogP) is 3.43. The monoisotopic (exact) mass is 592 g/mol. The van der Waals surface area contributed by atoms with Crippen molar-refractivity contribution in [3.8, 4) is 5.75 Å². The first-order valence-electron chi connectivity index (χ1n) is 12.0. The van der Waals surface area contributed by atoms with Gasteiger partial charge in [0.05, 0.1) is 16.2 Å². The second kappa shape index (κ2) is 13.6. The van der Waals surface area contributed by atoms with E-state index < -0.39 is 18.2 Å². The summed E-state index contributed by atoms with van der Waals surface area (Å²) in [6.07, 6.45) is 1.96. The van der Waals surface area contributed by atoms with Crippen LogP contribution >= 0.6 is 22.6 Å². The van der Waals surface area contributed by atoms with Crippen LogP contribution in [-0.4, -0.2) is 58.3 Å². The molecule has 0 bridgehead atoms. The molecule has 1 aliphatic carbocycles. The molecule has 3 rings (SSSR count). The number of halogens is 1. The summed E-state index contributed by atoms with van der Waals surface area (Å²) >= 11 is 2.16. The number of nitrogens with zero attached hydrogens (tertiary/aromatic N) is 1. The number of ether oxygens (including phenoxy) is 1. The molecule has 35 heavy (non-hydrogen) atoms. The van der Waals surface area contributed by atoms with Crippen molar-refractivity contribution in [2.45, 2.75) is 57.4 Å². The Labute approximate surface area is 220 Å². The first kappa shape index (κ1) is 27.2. The lowest BCUT2D eigenvalue weighted by molar-refractivity contribution is -0.139. The Kier molecular flexibility index (Phi) is 10.6. The van der Waals surface area contributed by atoms with Crippen LogP contribution in [0.4, 0.5) is 0 Å². The van der Waals surface area contributed by atoms with E-state index in [1.807, 2.05) is 61.5 Å². The summed E-state index contributed by atoms with van der Waals surface area (Å²) in [5.74, 6) is 0.189. The third-order valence-corrected chi connectivity index (χ3v) is 6.87. The van der Waals surface area contributed by atoms with Crippen LogP contribution in [0, 0.1) is 3.57 Å². The highest BCUT2D eigenvalue weighted by Crippen LogP contribution is 2.30. The van der Waals surface area contributed by atoms with Gasteiger partial charge in [-0.25, -0.2) is 0 Å². The zero-order chi connectivity index (χ0) is 25.2. The van der Waals surface area contributed by atoms with Crippen LogP contribution in [0.25, 0.3) is 0 Å². The molecule has 0 heterocycles. The van der Waals surface area contributed by atoms with Gasteiger partial charge < -0.3 is 25.2 Å². The highest BCUT2D eigenvalue weighted by molar-refractivity contribution is 14.1. The van der Waals surface area contributed by atoms with Crippen LogP contribution in [0.15, 0.2) is 66.2 Å². The largest absolute Gasteiger partial charge is 0.482 e. The highest BCUT2D eigenvalue weighted by atomic mass is 127. The molecule has 2 aromatic rings. The maximum atomic E-state index is 13.3. The summed E-state index contributed by atoms with van der Waals surface area (Å²) in [4.78, 5) is 27.9. The molecule has 2 amide bonds. The molecular weight excluding hydrogens is 559 g/mol. The van der Waals surface area contributed by atoms with Crippen LogP contribution in [0.3, 0.4) is 0 Å². The zero-order valence-electron chi connectivity index (χ0n) is 19.9. The van der Waals surface area contributed by atoms with Gasteiger partial charge in [0.15, 0.2) is 0 Å². The molecule has 188 valence electrons. The van der Waals surface area contributed by atoms with Crippen LogP contribution < -0.4 is 10.1 Å². The summed E-state index contributed by atoms with van der Waals surface area (Å²) in [5.41, 5.74) is 1.37. The van der Waals surface area contributed by atoms with Gasteiger partial charge in [0, 0.05) is 31.5 Å². The minimum absolute atomic E-state index is 0.0650. The molecule has 0 saturated carbocycles. The number of carbonyl (C=O) groups is 2. The third-order valence-electron chi connectivity index (χ3n) is 5.97. The fourth-order valence-corrected chi connectivity index (χ4v) is 4.62. The molecule has 0 spiro atoms. The van der Waals surface area contributed by atoms with Crippen molar-refractivity contribution in [1.29, 1.82) is 0 Å². The van der Waals surface area contributed by atoms with Crippen LogP contribution in [-0.2, 0) is 16.1 Å². The Bertz CT molecular complexity index is 1010. The number of hydrogen-bond donors (Lipinski definition) is 3. The Hall–Kier alpha value is -2.43. The molecule has 0 fully saturated rings. The van der Waals surface area contributed by atoms with E-state index in [9.17, 15) is 14.7 Å². The number of carbonyl (C=O) groups excluding carboxylic acids is 2. The quantitative estimate of drug-likeness (QED) is 0.348. The van der Waals surface area contributed by atoms with Crippen molar-refractivity contribution >= 4 is 34.4 Å².